The molecule has 1 fully saturated rings. The number of benzene rings is 5. The summed E-state index contributed by atoms with van der Waals surface area (Å²) in [4.78, 5) is 83.8. The molecule has 1 aliphatic heterocycles. The molecule has 18 rings (SSSR count). The second kappa shape index (κ2) is 56.5. The number of fused-ring (bicyclic) bond motifs is 4. The Labute approximate surface area is 861 Å². The predicted octanol–water partition coefficient (Wildman–Crippen LogP) is 16.7. The first-order valence-electron chi connectivity index (χ1n) is 43.9. The van der Waals surface area contributed by atoms with Crippen molar-refractivity contribution in [2.45, 2.75) is 182 Å². The Morgan fingerprint density at radius 2 is 1.04 bits per heavy atom. The number of alkyl halides is 2. The molecule has 0 spiro atoms. The molecule has 10 aromatic heterocycles. The van der Waals surface area contributed by atoms with E-state index < -0.39 is 11.9 Å². The van der Waals surface area contributed by atoms with Crippen LogP contribution in [0.5, 0.6) is 0 Å². The number of carbonyl (C=O) groups is 4. The monoisotopic (exact) mass is 2040 g/mol. The van der Waals surface area contributed by atoms with Gasteiger partial charge in [0.1, 0.15) is 29.8 Å². The van der Waals surface area contributed by atoms with Gasteiger partial charge in [-0.05, 0) is 289 Å². The number of hydrogen-bond donors (Lipinski definition) is 13. The van der Waals surface area contributed by atoms with Crippen LogP contribution in [0.2, 0.25) is 0 Å². The fourth-order valence-corrected chi connectivity index (χ4v) is 14.5. The number of aliphatic hydroxyl groups is 2. The van der Waals surface area contributed by atoms with E-state index in [-0.39, 0.29) is 103 Å². The second-order valence-electron chi connectivity index (χ2n) is 32.9. The predicted molar refractivity (Wildman–Crippen MR) is 561 cm³/mol. The first kappa shape index (κ1) is 119. The van der Waals surface area contributed by atoms with E-state index in [1.54, 1.807) is 68.3 Å². The molecule has 32 nitrogen and oxygen atoms in total. The summed E-state index contributed by atoms with van der Waals surface area (Å²) >= 11 is 12.8. The molecular weight excluding hydrogens is 1920 g/mol. The third-order valence-electron chi connectivity index (χ3n) is 22.3. The number of rotatable bonds is 12. The van der Waals surface area contributed by atoms with Crippen molar-refractivity contribution in [3.63, 3.8) is 0 Å². The van der Waals surface area contributed by atoms with E-state index in [1.165, 1.54) is 51.1 Å². The number of halogens is 3. The summed E-state index contributed by atoms with van der Waals surface area (Å²) in [5, 5.41) is 61.4. The van der Waals surface area contributed by atoms with Gasteiger partial charge in [0.25, 0.3) is 11.1 Å². The van der Waals surface area contributed by atoms with Gasteiger partial charge in [0.2, 0.25) is 0 Å². The summed E-state index contributed by atoms with van der Waals surface area (Å²) in [6, 6.07) is 36.1. The number of nitrogens with one attached hydrogen (secondary N) is 5. The van der Waals surface area contributed by atoms with Crippen molar-refractivity contribution < 1.29 is 97.2 Å². The van der Waals surface area contributed by atoms with Crippen molar-refractivity contribution in [2.24, 2.45) is 0 Å². The van der Waals surface area contributed by atoms with Crippen molar-refractivity contribution >= 4 is 149 Å². The Kier molecular flexibility index (Phi) is 47.5. The van der Waals surface area contributed by atoms with E-state index >= 15 is 0 Å². The number of aldehydes is 1. The van der Waals surface area contributed by atoms with Gasteiger partial charge in [-0.3, -0.25) is 30.2 Å². The van der Waals surface area contributed by atoms with Crippen LogP contribution in [0.25, 0.3) is 66.3 Å². The summed E-state index contributed by atoms with van der Waals surface area (Å²) in [6.07, 6.45) is 20.0. The van der Waals surface area contributed by atoms with Crippen LogP contribution in [0.4, 0.5) is 22.7 Å². The molecule has 0 bridgehead atoms. The van der Waals surface area contributed by atoms with Gasteiger partial charge in [0, 0.05) is 114 Å². The van der Waals surface area contributed by atoms with E-state index in [1.807, 2.05) is 202 Å². The fourth-order valence-electron chi connectivity index (χ4n) is 14.1. The standard InChI is InChI=1S/C13H14O2.C11H13N3O.C11H12N2O2.C11H12O.C10H16BNO3.C10H11N3O2.C10H9NO2.C10H11NO.C7H7NO3.C6H7BrN2.C3H6O.CH2Cl2.Al.Li.4H/c1-3-15-13(14)11-6-7-12-9(2)4-5-10(12)8-11;1-6-10(12)4-9(5-13-6)11-7(2)14-15-8(11)3;1-6-4-9(5-12-11(6)14)10-7(2)13-15-8(10)3;1-8-2-4-10-6-9(7-12)3-5-11(8)10;1-7-8(6-13-12-7)11-14-9(2,3)10(4,5)15-11;1-5-9(6(2)15-13-5)7-3-8(11)10(14)12-4-7;1-6-5-11-8-4-2-3-7(9(6)8)10(12)13;1-7-5-11-9-4-2-3-8(6-12)10(7)9;9-7(10)5-2-1-3-6(4-5)8-11;1-4-6(8)2-5(7)3-9-4;1-2-3-4;2-1-3;;;;;;/h4,6-8H,3,5H2,1-2H3;4-5H,12H2,1-3H3;4-5H,1-3H3,(H,12,14);2-3,5-6,12H,4,7H2,1H3;6H,1-5H3;3-4H,11H2,1-2H3,(H,12,14);2-5,11H,1H3,(H,12,13);2-5,11-12H,6H2,1H3;1-4,8,11H,(H,9,10);2-3H,8H2,1H3;3H,2H2,1H3;1H2;;;;;;/q;;;;;;;;;;;;;+1;;;;-1. The van der Waals surface area contributed by atoms with E-state index in [0.717, 1.165) is 152 Å². The molecule has 16 N–H and O–H groups in total. The first-order valence-corrected chi connectivity index (χ1v) is 45.8. The van der Waals surface area contributed by atoms with Crippen molar-refractivity contribution in [3.8, 4) is 33.4 Å². The number of esters is 1. The van der Waals surface area contributed by atoms with E-state index in [9.17, 15) is 28.8 Å². The van der Waals surface area contributed by atoms with Crippen LogP contribution >= 0.6 is 39.1 Å². The molecule has 11 heterocycles. The molecule has 1 saturated heterocycles. The van der Waals surface area contributed by atoms with Crippen LogP contribution in [-0.4, -0.2) is 148 Å². The summed E-state index contributed by atoms with van der Waals surface area (Å²) in [6.45, 7) is 39.2. The largest absolute Gasteiger partial charge is 1.00 e. The molecule has 0 unspecified atom stereocenters. The number of pyridine rings is 4. The minimum atomic E-state index is -1.01. The summed E-state index contributed by atoms with van der Waals surface area (Å²) < 4.78 is 37.7. The number of carbonyl (C=O) groups excluding carboxylic acids is 2. The average molecular weight is 2040 g/mol. The Hall–Kier alpha value is -13.0. The van der Waals surface area contributed by atoms with Gasteiger partial charge in [-0.2, -0.15) is 0 Å². The average Bonchev–Trinajstić information content (AvgIpc) is 1.61. The Morgan fingerprint density at radius 3 is 1.49 bits per heavy atom. The number of carboxylic acid groups (broad SMARTS) is 2. The number of carboxylic acids is 2. The number of nitrogens with zero attached hydrogens (tertiary/aromatic N) is 6. The van der Waals surface area contributed by atoms with Crippen LogP contribution in [0.3, 0.4) is 0 Å². The van der Waals surface area contributed by atoms with Crippen molar-refractivity contribution in [3.05, 3.63) is 320 Å². The number of aromatic carboxylic acids is 2. The van der Waals surface area contributed by atoms with Gasteiger partial charge in [-0.25, -0.2) is 14.4 Å². The zero-order valence-corrected chi connectivity index (χ0v) is 85.5. The third-order valence-corrected chi connectivity index (χ3v) is 22.7. The number of H-pyrrole nitrogens is 4. The number of aromatic amines is 4. The van der Waals surface area contributed by atoms with Crippen molar-refractivity contribution in [2.75, 3.05) is 34.6 Å². The summed E-state index contributed by atoms with van der Waals surface area (Å²) in [5.74, 6) is 0.135. The molecular formula is C103H124AlBBrCl2LiN14O18. The zero-order valence-electron chi connectivity index (χ0n) is 83.4. The molecule has 0 radical (unpaired) electrons. The number of anilines is 4. The molecule has 742 valence electrons. The minimum absolute atomic E-state index is 0. The van der Waals surface area contributed by atoms with E-state index in [4.69, 9.17) is 98.2 Å². The summed E-state index contributed by atoms with van der Waals surface area (Å²) in [7, 11) is -0.374. The van der Waals surface area contributed by atoms with Crippen molar-refractivity contribution in [1.29, 1.82) is 0 Å². The van der Waals surface area contributed by atoms with Crippen LogP contribution < -0.4 is 58.1 Å². The number of nitrogens with two attached hydrogens (primary N) is 3. The minimum Gasteiger partial charge on any atom is -1.00 e. The van der Waals surface area contributed by atoms with Gasteiger partial charge in [0.05, 0.1) is 110 Å². The maximum Gasteiger partial charge on any atom is 1.00 e. The molecule has 0 saturated carbocycles. The summed E-state index contributed by atoms with van der Waals surface area (Å²) in [5.41, 5.74) is 46.9. The molecule has 0 amide bonds. The Morgan fingerprint density at radius 1 is 0.553 bits per heavy atom. The SMILES string of the molecule is CC1=CCc2cc(CO)ccc21.CCC=O.CCOC(=O)c1ccc2c(c1)CC=C2C.Cc1c[nH]c2cccc(C(=O)O)c12.Cc1c[nH]c2cccc(CO)c12.Cc1ncc(-c2c(C)noc2C)cc1N.Cc1ncc(Br)cc1N.Cc1noc(C)c1-c1c[nH]c(=O)c(C)c1.Cc1noc(C)c1-c1c[nH]c(=O)c(N)c1.Cc1nocc1B1OC(C)(C)C(C)(C)O1.ClCCl.O=C(O)c1cccc(NO)c1.[AlH3].[H-].[Li+]. The smallest absolute Gasteiger partial charge is 1.00 e. The maximum atomic E-state index is 11.5. The number of aryl methyl sites for hydroxylation is 12. The van der Waals surface area contributed by atoms with Crippen molar-refractivity contribution in [1.82, 2.24) is 50.5 Å². The fraction of sp³-hybridized carbons (Fsp3) is 0.282. The van der Waals surface area contributed by atoms with Gasteiger partial charge in [-0.1, -0.05) is 88.2 Å². The normalized spacial score (nSPS) is 12.0. The number of ether oxygens (including phenoxy) is 1. The Bertz CT molecular complexity index is 6730. The number of hydrogen-bond acceptors (Lipinski definition) is 26. The van der Waals surface area contributed by atoms with Gasteiger partial charge >= 0.3 is 43.9 Å². The van der Waals surface area contributed by atoms with Crippen LogP contribution in [-0.2, 0) is 44.9 Å². The van der Waals surface area contributed by atoms with Gasteiger partial charge < -0.3 is 95.9 Å². The number of nitrogen functional groups attached to an aromatic ring is 3. The zero-order chi connectivity index (χ0) is 103. The molecule has 3 aliphatic rings. The topological polar surface area (TPSA) is 514 Å². The van der Waals surface area contributed by atoms with E-state index in [2.05, 4.69) is 105 Å². The van der Waals surface area contributed by atoms with Crippen LogP contribution in [0, 0.1) is 83.1 Å². The number of aliphatic hydroxyl groups excluding tert-OH is 2. The second-order valence-corrected chi connectivity index (χ2v) is 34.6. The molecule has 2 aliphatic carbocycles. The van der Waals surface area contributed by atoms with Gasteiger partial charge in [0.15, 0.2) is 17.4 Å². The maximum absolute atomic E-state index is 11.5. The van der Waals surface area contributed by atoms with Gasteiger partial charge in [-0.15, -0.1) is 23.2 Å². The van der Waals surface area contributed by atoms with Crippen LogP contribution in [0.15, 0.2) is 209 Å². The first-order chi connectivity index (χ1) is 65.9. The van der Waals surface area contributed by atoms with E-state index in [0.29, 0.717) is 46.9 Å². The molecule has 15 aromatic rings. The quantitative estimate of drug-likeness (QED) is 0.0178. The third kappa shape index (κ3) is 33.1. The molecule has 0 atom stereocenters. The molecule has 38 heteroatoms. The number of aromatic nitrogens is 10. The molecule has 141 heavy (non-hydrogen) atoms. The Balaban J connectivity index is 0.000000327. The van der Waals surface area contributed by atoms with Crippen LogP contribution in [0.1, 0.15) is 196 Å². The number of allylic oxidation sites excluding steroid dienone is 4. The molecule has 5 aromatic carbocycles.